The van der Waals surface area contributed by atoms with Gasteiger partial charge in [-0.15, -0.1) is 0 Å². The second-order valence-corrected chi connectivity index (χ2v) is 6.92. The van der Waals surface area contributed by atoms with E-state index in [9.17, 15) is 5.11 Å². The van der Waals surface area contributed by atoms with Gasteiger partial charge in [-0.25, -0.2) is 4.98 Å². The Hall–Kier alpha value is -1.13. The van der Waals surface area contributed by atoms with Crippen LogP contribution in [0.5, 0.6) is 5.88 Å². The number of aromatic nitrogens is 1. The molecule has 0 amide bonds. The van der Waals surface area contributed by atoms with E-state index < -0.39 is 0 Å². The lowest BCUT2D eigenvalue weighted by Crippen LogP contribution is -2.23. The summed E-state index contributed by atoms with van der Waals surface area (Å²) in [6, 6.07) is 3.69. The second kappa shape index (κ2) is 6.55. The van der Waals surface area contributed by atoms with E-state index >= 15 is 0 Å². The molecule has 0 atom stereocenters. The van der Waals surface area contributed by atoms with Crippen molar-refractivity contribution in [3.8, 4) is 5.88 Å². The molecule has 0 spiro atoms. The minimum absolute atomic E-state index is 0.0134. The summed E-state index contributed by atoms with van der Waals surface area (Å²) in [7, 11) is 0. The minimum Gasteiger partial charge on any atom is -0.475 e. The maximum atomic E-state index is 9.32. The molecule has 0 unspecified atom stereocenters. The van der Waals surface area contributed by atoms with E-state index in [1.54, 1.807) is 6.07 Å². The summed E-state index contributed by atoms with van der Waals surface area (Å²) in [6.07, 6.45) is 0. The molecule has 114 valence electrons. The molecule has 1 aromatic rings. The van der Waals surface area contributed by atoms with Gasteiger partial charge < -0.3 is 14.6 Å². The number of nitrogens with zero attached hydrogens (tertiary/aromatic N) is 1. The fourth-order valence-corrected chi connectivity index (χ4v) is 1.60. The Kier molecular flexibility index (Phi) is 5.54. The predicted molar refractivity (Wildman–Crippen MR) is 80.1 cm³/mol. The molecular weight excluding hydrogens is 254 g/mol. The maximum Gasteiger partial charge on any atom is 0.213 e. The molecule has 0 aromatic carbocycles. The number of hydrogen-bond acceptors (Lipinski definition) is 4. The van der Waals surface area contributed by atoms with Gasteiger partial charge in [-0.1, -0.05) is 20.8 Å². The van der Waals surface area contributed by atoms with Gasteiger partial charge in [0.1, 0.15) is 6.61 Å². The summed E-state index contributed by atoms with van der Waals surface area (Å²) in [4.78, 5) is 4.50. The average molecular weight is 281 g/mol. The Labute approximate surface area is 122 Å². The van der Waals surface area contributed by atoms with E-state index in [0.29, 0.717) is 19.1 Å². The molecule has 1 rings (SSSR count). The first-order valence-electron chi connectivity index (χ1n) is 7.01. The molecular formula is C16H27NO3. The molecule has 0 radical (unpaired) electrons. The van der Waals surface area contributed by atoms with Crippen molar-refractivity contribution >= 4 is 0 Å². The van der Waals surface area contributed by atoms with Crippen molar-refractivity contribution in [1.82, 2.24) is 4.98 Å². The highest BCUT2D eigenvalue weighted by Gasteiger charge is 2.17. The molecule has 0 saturated heterocycles. The number of ether oxygens (including phenoxy) is 2. The lowest BCUT2D eigenvalue weighted by atomic mass is 9.91. The predicted octanol–water partition coefficient (Wildman–Crippen LogP) is 3.07. The molecule has 1 heterocycles. The zero-order valence-corrected chi connectivity index (χ0v) is 13.5. The summed E-state index contributed by atoms with van der Waals surface area (Å²) < 4.78 is 11.2. The zero-order valence-electron chi connectivity index (χ0n) is 13.5. The highest BCUT2D eigenvalue weighted by molar-refractivity contribution is 5.28. The molecule has 0 aliphatic heterocycles. The fraction of sp³-hybridized carbons (Fsp3) is 0.688. The Morgan fingerprint density at radius 2 is 1.70 bits per heavy atom. The molecule has 0 bridgehead atoms. The van der Waals surface area contributed by atoms with Crippen molar-refractivity contribution in [2.75, 3.05) is 13.2 Å². The van der Waals surface area contributed by atoms with E-state index in [4.69, 9.17) is 9.47 Å². The van der Waals surface area contributed by atoms with Gasteiger partial charge >= 0.3 is 0 Å². The third-order valence-corrected chi connectivity index (χ3v) is 2.68. The standard InChI is InChI=1S/C16H27NO3/c1-15(2,3)13-9-12(11-18)10-14(17-13)19-7-8-20-16(4,5)6/h9-10,18H,7-8,11H2,1-6H3. The van der Waals surface area contributed by atoms with Crippen LogP contribution in [0.4, 0.5) is 0 Å². The average Bonchev–Trinajstić information content (AvgIpc) is 2.32. The Balaban J connectivity index is 2.70. The van der Waals surface area contributed by atoms with Crippen LogP contribution in [0.25, 0.3) is 0 Å². The van der Waals surface area contributed by atoms with Gasteiger partial charge in [0.2, 0.25) is 5.88 Å². The number of hydrogen-bond donors (Lipinski definition) is 1. The molecule has 0 saturated carbocycles. The first kappa shape index (κ1) is 16.9. The topological polar surface area (TPSA) is 51.6 Å². The number of aliphatic hydroxyl groups is 1. The van der Waals surface area contributed by atoms with Crippen LogP contribution in [0.1, 0.15) is 52.8 Å². The molecule has 1 aromatic heterocycles. The highest BCUT2D eigenvalue weighted by atomic mass is 16.5. The molecule has 20 heavy (non-hydrogen) atoms. The third kappa shape index (κ3) is 5.88. The molecule has 0 fully saturated rings. The lowest BCUT2D eigenvalue weighted by molar-refractivity contribution is -0.0168. The van der Waals surface area contributed by atoms with Gasteiger partial charge in [-0.2, -0.15) is 0 Å². The quantitative estimate of drug-likeness (QED) is 0.843. The van der Waals surface area contributed by atoms with Crippen LogP contribution in [-0.2, 0) is 16.8 Å². The zero-order chi connectivity index (χ0) is 15.4. The van der Waals surface area contributed by atoms with E-state index in [0.717, 1.165) is 11.3 Å². The van der Waals surface area contributed by atoms with Crippen LogP contribution in [0.3, 0.4) is 0 Å². The van der Waals surface area contributed by atoms with Crippen molar-refractivity contribution in [2.24, 2.45) is 0 Å². The van der Waals surface area contributed by atoms with E-state index in [1.165, 1.54) is 0 Å². The van der Waals surface area contributed by atoms with Gasteiger partial charge in [0.15, 0.2) is 0 Å². The van der Waals surface area contributed by atoms with E-state index in [1.807, 2.05) is 26.8 Å². The van der Waals surface area contributed by atoms with Crippen molar-refractivity contribution in [3.05, 3.63) is 23.4 Å². The van der Waals surface area contributed by atoms with Gasteiger partial charge in [-0.05, 0) is 32.4 Å². The summed E-state index contributed by atoms with van der Waals surface area (Å²) in [5, 5.41) is 9.32. The van der Waals surface area contributed by atoms with Crippen molar-refractivity contribution in [1.29, 1.82) is 0 Å². The van der Waals surface area contributed by atoms with Crippen LogP contribution in [0.2, 0.25) is 0 Å². The molecule has 0 aliphatic rings. The lowest BCUT2D eigenvalue weighted by Gasteiger charge is -2.21. The van der Waals surface area contributed by atoms with E-state index in [2.05, 4.69) is 25.8 Å². The Bertz CT molecular complexity index is 430. The van der Waals surface area contributed by atoms with Crippen LogP contribution in [0, 0.1) is 0 Å². The summed E-state index contributed by atoms with van der Waals surface area (Å²) >= 11 is 0. The Morgan fingerprint density at radius 1 is 1.05 bits per heavy atom. The van der Waals surface area contributed by atoms with E-state index in [-0.39, 0.29) is 17.6 Å². The van der Waals surface area contributed by atoms with Gasteiger partial charge in [0.05, 0.1) is 24.5 Å². The molecule has 4 nitrogen and oxygen atoms in total. The van der Waals surface area contributed by atoms with Crippen molar-refractivity contribution in [3.63, 3.8) is 0 Å². The monoisotopic (exact) mass is 281 g/mol. The number of pyridine rings is 1. The number of aliphatic hydroxyl groups excluding tert-OH is 1. The van der Waals surface area contributed by atoms with Crippen molar-refractivity contribution < 1.29 is 14.6 Å². The smallest absolute Gasteiger partial charge is 0.213 e. The molecule has 4 heteroatoms. The van der Waals surface area contributed by atoms with Crippen molar-refractivity contribution in [2.45, 2.75) is 59.2 Å². The normalized spacial score (nSPS) is 12.6. The van der Waals surface area contributed by atoms with Gasteiger partial charge in [0.25, 0.3) is 0 Å². The highest BCUT2D eigenvalue weighted by Crippen LogP contribution is 2.24. The number of rotatable bonds is 5. The molecule has 1 N–H and O–H groups in total. The SMILES string of the molecule is CC(C)(C)OCCOc1cc(CO)cc(C(C)(C)C)n1. The van der Waals surface area contributed by atoms with Crippen LogP contribution < -0.4 is 4.74 Å². The van der Waals surface area contributed by atoms with Crippen LogP contribution in [-0.4, -0.2) is 28.9 Å². The molecule has 0 aliphatic carbocycles. The van der Waals surface area contributed by atoms with Crippen LogP contribution in [0.15, 0.2) is 12.1 Å². The van der Waals surface area contributed by atoms with Gasteiger partial charge in [-0.3, -0.25) is 0 Å². The first-order chi connectivity index (χ1) is 9.12. The van der Waals surface area contributed by atoms with Crippen LogP contribution >= 0.6 is 0 Å². The maximum absolute atomic E-state index is 9.32. The largest absolute Gasteiger partial charge is 0.475 e. The first-order valence-corrected chi connectivity index (χ1v) is 7.01. The minimum atomic E-state index is -0.166. The summed E-state index contributed by atoms with van der Waals surface area (Å²) in [5.41, 5.74) is 1.48. The van der Waals surface area contributed by atoms with Gasteiger partial charge in [0, 0.05) is 11.5 Å². The Morgan fingerprint density at radius 3 is 2.20 bits per heavy atom. The fourth-order valence-electron chi connectivity index (χ4n) is 1.60. The second-order valence-electron chi connectivity index (χ2n) is 6.92. The summed E-state index contributed by atoms with van der Waals surface area (Å²) in [5.74, 6) is 0.541. The third-order valence-electron chi connectivity index (χ3n) is 2.68. The summed E-state index contributed by atoms with van der Waals surface area (Å²) in [6.45, 7) is 13.2.